The van der Waals surface area contributed by atoms with Gasteiger partial charge in [-0.3, -0.25) is 0 Å². The van der Waals surface area contributed by atoms with Gasteiger partial charge in [0.05, 0.1) is 6.54 Å². The van der Waals surface area contributed by atoms with Crippen molar-refractivity contribution in [3.8, 4) is 0 Å². The molecule has 5 heteroatoms. The fourth-order valence-electron chi connectivity index (χ4n) is 1.33. The topological polar surface area (TPSA) is 21.7 Å². The Morgan fingerprint density at radius 3 is 2.06 bits per heavy atom. The SMILES string of the molecule is COC(CN(C)c1cc(Cl)cc(Cl)c1)OC. The molecule has 0 bridgehead atoms. The molecule has 0 atom stereocenters. The Balaban J connectivity index is 2.75. The average Bonchev–Trinajstić information content (AvgIpc) is 2.24. The van der Waals surface area contributed by atoms with Crippen LogP contribution in [0.1, 0.15) is 0 Å². The van der Waals surface area contributed by atoms with Crippen LogP contribution in [0.2, 0.25) is 10.0 Å². The molecule has 0 unspecified atom stereocenters. The summed E-state index contributed by atoms with van der Waals surface area (Å²) >= 11 is 11.8. The second-order valence-corrected chi connectivity index (χ2v) is 4.28. The van der Waals surface area contributed by atoms with Crippen molar-refractivity contribution in [2.24, 2.45) is 0 Å². The molecule has 16 heavy (non-hydrogen) atoms. The maximum absolute atomic E-state index is 5.92. The summed E-state index contributed by atoms with van der Waals surface area (Å²) in [5.74, 6) is 0. The normalized spacial score (nSPS) is 10.9. The van der Waals surface area contributed by atoms with E-state index in [0.29, 0.717) is 16.6 Å². The summed E-state index contributed by atoms with van der Waals surface area (Å²) < 4.78 is 10.2. The van der Waals surface area contributed by atoms with Gasteiger partial charge in [0.15, 0.2) is 6.29 Å². The molecular formula is C11H15Cl2NO2. The Bertz CT molecular complexity index is 323. The van der Waals surface area contributed by atoms with E-state index in [-0.39, 0.29) is 6.29 Å². The number of methoxy groups -OCH3 is 2. The summed E-state index contributed by atoms with van der Waals surface area (Å²) in [6.45, 7) is 0.601. The molecular weight excluding hydrogens is 249 g/mol. The first-order valence-corrected chi connectivity index (χ1v) is 5.55. The van der Waals surface area contributed by atoms with Crippen molar-refractivity contribution in [1.29, 1.82) is 0 Å². The molecule has 1 aromatic carbocycles. The summed E-state index contributed by atoms with van der Waals surface area (Å²) in [6.07, 6.45) is -0.275. The Labute approximate surface area is 106 Å². The van der Waals surface area contributed by atoms with E-state index in [0.717, 1.165) is 5.69 Å². The van der Waals surface area contributed by atoms with Crippen LogP contribution >= 0.6 is 23.2 Å². The van der Waals surface area contributed by atoms with E-state index in [4.69, 9.17) is 32.7 Å². The van der Waals surface area contributed by atoms with Gasteiger partial charge in [-0.15, -0.1) is 0 Å². The molecule has 0 spiro atoms. The van der Waals surface area contributed by atoms with E-state index in [1.807, 2.05) is 24.1 Å². The molecule has 3 nitrogen and oxygen atoms in total. The first kappa shape index (κ1) is 13.6. The van der Waals surface area contributed by atoms with Crippen LogP contribution in [0.3, 0.4) is 0 Å². The smallest absolute Gasteiger partial charge is 0.174 e. The highest BCUT2D eigenvalue weighted by molar-refractivity contribution is 6.35. The zero-order chi connectivity index (χ0) is 12.1. The maximum Gasteiger partial charge on any atom is 0.174 e. The molecule has 0 aliphatic heterocycles. The Kier molecular flexibility index (Phi) is 5.35. The van der Waals surface area contributed by atoms with E-state index in [9.17, 15) is 0 Å². The van der Waals surface area contributed by atoms with E-state index in [1.54, 1.807) is 20.3 Å². The zero-order valence-electron chi connectivity index (χ0n) is 9.54. The van der Waals surface area contributed by atoms with Crippen LogP contribution in [-0.2, 0) is 9.47 Å². The highest BCUT2D eigenvalue weighted by Gasteiger charge is 2.10. The molecule has 0 aliphatic carbocycles. The van der Waals surface area contributed by atoms with Gasteiger partial charge in [0.1, 0.15) is 0 Å². The van der Waals surface area contributed by atoms with Crippen LogP contribution in [0, 0.1) is 0 Å². The lowest BCUT2D eigenvalue weighted by molar-refractivity contribution is -0.0944. The first-order valence-electron chi connectivity index (χ1n) is 4.79. The highest BCUT2D eigenvalue weighted by Crippen LogP contribution is 2.24. The number of hydrogen-bond acceptors (Lipinski definition) is 3. The van der Waals surface area contributed by atoms with Gasteiger partial charge in [-0.25, -0.2) is 0 Å². The van der Waals surface area contributed by atoms with Crippen LogP contribution in [0.4, 0.5) is 5.69 Å². The standard InChI is InChI=1S/C11H15Cl2NO2/c1-14(7-11(15-2)16-3)10-5-8(12)4-9(13)6-10/h4-6,11H,7H2,1-3H3. The molecule has 0 aromatic heterocycles. The summed E-state index contributed by atoms with van der Waals surface area (Å²) in [6, 6.07) is 5.39. The molecule has 1 aromatic rings. The maximum atomic E-state index is 5.92. The number of ether oxygens (including phenoxy) is 2. The lowest BCUT2D eigenvalue weighted by atomic mass is 10.3. The third-order valence-corrected chi connectivity index (χ3v) is 2.67. The van der Waals surface area contributed by atoms with Crippen LogP contribution in [0.5, 0.6) is 0 Å². The van der Waals surface area contributed by atoms with Crippen molar-refractivity contribution in [3.05, 3.63) is 28.2 Å². The zero-order valence-corrected chi connectivity index (χ0v) is 11.0. The molecule has 0 aliphatic rings. The first-order chi connectivity index (χ1) is 7.56. The monoisotopic (exact) mass is 263 g/mol. The fourth-order valence-corrected chi connectivity index (χ4v) is 1.85. The van der Waals surface area contributed by atoms with Crippen molar-refractivity contribution >= 4 is 28.9 Å². The third-order valence-electron chi connectivity index (χ3n) is 2.24. The molecule has 0 radical (unpaired) electrons. The van der Waals surface area contributed by atoms with E-state index in [2.05, 4.69) is 0 Å². The average molecular weight is 264 g/mol. The summed E-state index contributed by atoms with van der Waals surface area (Å²) in [5, 5.41) is 1.22. The lowest BCUT2D eigenvalue weighted by Crippen LogP contribution is -2.31. The Hall–Kier alpha value is -0.480. The Morgan fingerprint density at radius 1 is 1.12 bits per heavy atom. The van der Waals surface area contributed by atoms with Gasteiger partial charge < -0.3 is 14.4 Å². The van der Waals surface area contributed by atoms with E-state index < -0.39 is 0 Å². The predicted octanol–water partition coefficient (Wildman–Crippen LogP) is 3.05. The van der Waals surface area contributed by atoms with Crippen molar-refractivity contribution in [3.63, 3.8) is 0 Å². The largest absolute Gasteiger partial charge is 0.369 e. The van der Waals surface area contributed by atoms with Crippen LogP contribution < -0.4 is 4.90 Å². The van der Waals surface area contributed by atoms with Crippen molar-refractivity contribution in [2.45, 2.75) is 6.29 Å². The number of benzene rings is 1. The summed E-state index contributed by atoms with van der Waals surface area (Å²) in [5.41, 5.74) is 0.927. The number of nitrogens with zero attached hydrogens (tertiary/aromatic N) is 1. The quantitative estimate of drug-likeness (QED) is 0.763. The second-order valence-electron chi connectivity index (χ2n) is 3.41. The minimum atomic E-state index is -0.275. The predicted molar refractivity (Wildman–Crippen MR) is 67.5 cm³/mol. The van der Waals surface area contributed by atoms with Gasteiger partial charge in [-0.1, -0.05) is 23.2 Å². The molecule has 0 fully saturated rings. The van der Waals surface area contributed by atoms with Gasteiger partial charge in [0, 0.05) is 37.0 Å². The third kappa shape index (κ3) is 3.83. The molecule has 90 valence electrons. The molecule has 0 N–H and O–H groups in total. The van der Waals surface area contributed by atoms with Gasteiger partial charge in [-0.05, 0) is 18.2 Å². The van der Waals surface area contributed by atoms with Crippen molar-refractivity contribution in [2.75, 3.05) is 32.7 Å². The number of hydrogen-bond donors (Lipinski definition) is 0. The van der Waals surface area contributed by atoms with E-state index in [1.165, 1.54) is 0 Å². The Morgan fingerprint density at radius 2 is 1.62 bits per heavy atom. The highest BCUT2D eigenvalue weighted by atomic mass is 35.5. The molecule has 0 heterocycles. The minimum absolute atomic E-state index is 0.275. The van der Waals surface area contributed by atoms with Crippen molar-refractivity contribution in [1.82, 2.24) is 0 Å². The van der Waals surface area contributed by atoms with Gasteiger partial charge in [0.2, 0.25) is 0 Å². The molecule has 0 saturated heterocycles. The van der Waals surface area contributed by atoms with E-state index >= 15 is 0 Å². The lowest BCUT2D eigenvalue weighted by Gasteiger charge is -2.24. The second kappa shape index (κ2) is 6.30. The number of anilines is 1. The molecule has 0 saturated carbocycles. The van der Waals surface area contributed by atoms with Crippen molar-refractivity contribution < 1.29 is 9.47 Å². The van der Waals surface area contributed by atoms with Crippen LogP contribution in [-0.4, -0.2) is 34.1 Å². The number of halogens is 2. The summed E-state index contributed by atoms with van der Waals surface area (Å²) in [7, 11) is 5.13. The molecule has 1 rings (SSSR count). The summed E-state index contributed by atoms with van der Waals surface area (Å²) in [4.78, 5) is 1.97. The van der Waals surface area contributed by atoms with Crippen LogP contribution in [0.15, 0.2) is 18.2 Å². The number of rotatable bonds is 5. The fraction of sp³-hybridized carbons (Fsp3) is 0.455. The van der Waals surface area contributed by atoms with Crippen LogP contribution in [0.25, 0.3) is 0 Å². The minimum Gasteiger partial charge on any atom is -0.369 e. The van der Waals surface area contributed by atoms with Gasteiger partial charge in [-0.2, -0.15) is 0 Å². The molecule has 0 amide bonds. The van der Waals surface area contributed by atoms with Gasteiger partial charge in [0.25, 0.3) is 0 Å². The number of likely N-dealkylation sites (N-methyl/N-ethyl adjacent to an activating group) is 1. The van der Waals surface area contributed by atoms with Gasteiger partial charge >= 0.3 is 0 Å².